The average molecular weight is 481 g/mol. The number of benzene rings is 2. The van der Waals surface area contributed by atoms with E-state index in [0.717, 1.165) is 47.4 Å². The zero-order valence-electron chi connectivity index (χ0n) is 19.9. The molecular weight excluding hydrogens is 456 g/mol. The molecule has 36 heavy (non-hydrogen) atoms. The molecule has 0 bridgehead atoms. The van der Waals surface area contributed by atoms with E-state index >= 15 is 0 Å². The van der Waals surface area contributed by atoms with Gasteiger partial charge in [-0.25, -0.2) is 4.98 Å². The van der Waals surface area contributed by atoms with Crippen LogP contribution >= 0.6 is 0 Å². The lowest BCUT2D eigenvalue weighted by atomic mass is 10.0. The van der Waals surface area contributed by atoms with Crippen LogP contribution in [-0.2, 0) is 4.79 Å². The lowest BCUT2D eigenvalue weighted by Crippen LogP contribution is -2.28. The maximum absolute atomic E-state index is 12.4. The molecule has 1 unspecified atom stereocenters. The molecule has 1 aliphatic rings. The summed E-state index contributed by atoms with van der Waals surface area (Å²) in [4.78, 5) is 26.8. The Morgan fingerprint density at radius 2 is 2.00 bits per heavy atom. The molecule has 0 radical (unpaired) electrons. The molecule has 1 saturated heterocycles. The van der Waals surface area contributed by atoms with E-state index in [1.54, 1.807) is 17.8 Å². The van der Waals surface area contributed by atoms with Crippen LogP contribution in [0.25, 0.3) is 28.2 Å². The molecule has 1 fully saturated rings. The van der Waals surface area contributed by atoms with Crippen LogP contribution in [0.1, 0.15) is 37.2 Å². The number of ether oxygens (including phenoxy) is 1. The zero-order chi connectivity index (χ0) is 24.6. The van der Waals surface area contributed by atoms with Gasteiger partial charge < -0.3 is 14.6 Å². The lowest BCUT2D eigenvalue weighted by molar-refractivity contribution is -0.129. The molecule has 0 aliphatic carbocycles. The summed E-state index contributed by atoms with van der Waals surface area (Å²) in [7, 11) is 0. The molecule has 5 aromatic rings. The van der Waals surface area contributed by atoms with Gasteiger partial charge in [0.2, 0.25) is 5.91 Å². The summed E-state index contributed by atoms with van der Waals surface area (Å²) in [6, 6.07) is 17.2. The Morgan fingerprint density at radius 1 is 1.14 bits per heavy atom. The molecule has 1 N–H and O–H groups in total. The highest BCUT2D eigenvalue weighted by Gasteiger charge is 2.31. The number of aromatic nitrogens is 7. The first kappa shape index (κ1) is 21.9. The van der Waals surface area contributed by atoms with Crippen molar-refractivity contribution in [3.8, 4) is 28.7 Å². The van der Waals surface area contributed by atoms with Crippen molar-refractivity contribution in [1.82, 2.24) is 40.1 Å². The minimum Gasteiger partial charge on any atom is -0.457 e. The summed E-state index contributed by atoms with van der Waals surface area (Å²) in [5.41, 5.74) is 4.19. The molecule has 4 heterocycles. The highest BCUT2D eigenvalue weighted by molar-refractivity contribution is 5.82. The number of rotatable bonds is 5. The summed E-state index contributed by atoms with van der Waals surface area (Å²) in [6.45, 7) is 4.20. The molecule has 3 aromatic heterocycles. The lowest BCUT2D eigenvalue weighted by Gasteiger charge is -2.25. The van der Waals surface area contributed by atoms with Gasteiger partial charge in [-0.2, -0.15) is 4.68 Å². The van der Waals surface area contributed by atoms with Gasteiger partial charge in [-0.05, 0) is 72.7 Å². The summed E-state index contributed by atoms with van der Waals surface area (Å²) in [5.74, 6) is 2.78. The standard InChI is InChI=1S/C26H24N8O2/c1-16-30-31-32-34(16)18-8-10-19(11-9-18)36-25-15-23-22(28-26(29-23)21-6-3-4-12-27-21)14-20(25)24-7-5-13-33(24)17(2)35/h3-4,6,8-12,14-15,24H,5,7,13H2,1-2H3,(H,28,29). The van der Waals surface area contributed by atoms with Crippen molar-refractivity contribution in [3.05, 3.63) is 72.2 Å². The van der Waals surface area contributed by atoms with Gasteiger partial charge in [0.1, 0.15) is 17.2 Å². The fourth-order valence-electron chi connectivity index (χ4n) is 4.75. The number of hydrogen-bond donors (Lipinski definition) is 1. The molecule has 6 rings (SSSR count). The number of nitrogens with zero attached hydrogens (tertiary/aromatic N) is 7. The zero-order valence-corrected chi connectivity index (χ0v) is 19.9. The van der Waals surface area contributed by atoms with Gasteiger partial charge in [0.05, 0.1) is 22.8 Å². The number of H-pyrrole nitrogens is 1. The first-order valence-electron chi connectivity index (χ1n) is 11.8. The number of pyridine rings is 1. The molecule has 1 amide bonds. The van der Waals surface area contributed by atoms with Gasteiger partial charge in [-0.3, -0.25) is 9.78 Å². The summed E-state index contributed by atoms with van der Waals surface area (Å²) >= 11 is 0. The van der Waals surface area contributed by atoms with Crippen LogP contribution < -0.4 is 4.74 Å². The molecule has 2 aromatic carbocycles. The molecule has 10 nitrogen and oxygen atoms in total. The smallest absolute Gasteiger partial charge is 0.219 e. The third kappa shape index (κ3) is 3.96. The van der Waals surface area contributed by atoms with Crippen molar-refractivity contribution in [2.24, 2.45) is 0 Å². The number of aromatic amines is 1. The minimum absolute atomic E-state index is 0.0588. The number of carbonyl (C=O) groups excluding carboxylic acids is 1. The third-order valence-electron chi connectivity index (χ3n) is 6.47. The maximum atomic E-state index is 12.4. The van der Waals surface area contributed by atoms with E-state index < -0.39 is 0 Å². The average Bonchev–Trinajstić information content (AvgIpc) is 3.64. The predicted octanol–water partition coefficient (Wildman–Crippen LogP) is 4.38. The fourth-order valence-corrected chi connectivity index (χ4v) is 4.75. The first-order valence-corrected chi connectivity index (χ1v) is 11.8. The summed E-state index contributed by atoms with van der Waals surface area (Å²) in [6.07, 6.45) is 3.57. The van der Waals surface area contributed by atoms with Crippen LogP contribution in [-0.4, -0.2) is 52.5 Å². The van der Waals surface area contributed by atoms with E-state index in [1.807, 2.05) is 60.4 Å². The largest absolute Gasteiger partial charge is 0.457 e. The number of fused-ring (bicyclic) bond motifs is 1. The van der Waals surface area contributed by atoms with Crippen LogP contribution in [0, 0.1) is 6.92 Å². The first-order chi connectivity index (χ1) is 17.6. The summed E-state index contributed by atoms with van der Waals surface area (Å²) < 4.78 is 8.07. The van der Waals surface area contributed by atoms with Gasteiger partial charge in [-0.1, -0.05) is 6.07 Å². The number of nitrogens with one attached hydrogen (secondary N) is 1. The van der Waals surface area contributed by atoms with Gasteiger partial charge >= 0.3 is 0 Å². The van der Waals surface area contributed by atoms with Crippen LogP contribution in [0.15, 0.2) is 60.8 Å². The number of tetrazole rings is 1. The number of hydrogen-bond acceptors (Lipinski definition) is 7. The Balaban J connectivity index is 1.41. The predicted molar refractivity (Wildman–Crippen MR) is 133 cm³/mol. The molecule has 10 heteroatoms. The van der Waals surface area contributed by atoms with E-state index in [2.05, 4.69) is 31.6 Å². The van der Waals surface area contributed by atoms with Crippen molar-refractivity contribution < 1.29 is 9.53 Å². The number of carbonyl (C=O) groups is 1. The number of aryl methyl sites for hydroxylation is 1. The second kappa shape index (κ2) is 8.88. The number of likely N-dealkylation sites (tertiary alicyclic amines) is 1. The van der Waals surface area contributed by atoms with Crippen LogP contribution in [0.3, 0.4) is 0 Å². The van der Waals surface area contributed by atoms with Crippen molar-refractivity contribution in [2.75, 3.05) is 6.54 Å². The van der Waals surface area contributed by atoms with E-state index in [0.29, 0.717) is 23.1 Å². The van der Waals surface area contributed by atoms with Crippen LogP contribution in [0.2, 0.25) is 0 Å². The number of imidazole rings is 1. The highest BCUT2D eigenvalue weighted by Crippen LogP contribution is 2.41. The second-order valence-electron chi connectivity index (χ2n) is 8.81. The molecule has 0 spiro atoms. The minimum atomic E-state index is -0.0633. The monoisotopic (exact) mass is 480 g/mol. The Morgan fingerprint density at radius 3 is 2.72 bits per heavy atom. The summed E-state index contributed by atoms with van der Waals surface area (Å²) in [5, 5.41) is 11.7. The molecular formula is C26H24N8O2. The van der Waals surface area contributed by atoms with E-state index in [9.17, 15) is 4.79 Å². The van der Waals surface area contributed by atoms with Gasteiger partial charge in [0, 0.05) is 31.3 Å². The molecule has 1 atom stereocenters. The van der Waals surface area contributed by atoms with Crippen LogP contribution in [0.5, 0.6) is 11.5 Å². The van der Waals surface area contributed by atoms with Gasteiger partial charge in [0.25, 0.3) is 0 Å². The maximum Gasteiger partial charge on any atom is 0.219 e. The van der Waals surface area contributed by atoms with Crippen molar-refractivity contribution in [3.63, 3.8) is 0 Å². The molecule has 0 saturated carbocycles. The Labute approximate surface area is 206 Å². The van der Waals surface area contributed by atoms with E-state index in [1.165, 1.54) is 0 Å². The third-order valence-corrected chi connectivity index (χ3v) is 6.47. The second-order valence-corrected chi connectivity index (χ2v) is 8.81. The van der Waals surface area contributed by atoms with Crippen molar-refractivity contribution >= 4 is 16.9 Å². The number of amides is 1. The Kier molecular flexibility index (Phi) is 5.40. The topological polar surface area (TPSA) is 115 Å². The SMILES string of the molecule is CC(=O)N1CCCC1c1cc2[nH]c(-c3ccccn3)nc2cc1Oc1ccc(-n2nnnc2C)cc1. The highest BCUT2D eigenvalue weighted by atomic mass is 16.5. The molecule has 1 aliphatic heterocycles. The normalized spacial score (nSPS) is 15.5. The van der Waals surface area contributed by atoms with Crippen LogP contribution in [0.4, 0.5) is 0 Å². The van der Waals surface area contributed by atoms with E-state index in [4.69, 9.17) is 9.72 Å². The van der Waals surface area contributed by atoms with Gasteiger partial charge in [0.15, 0.2) is 11.6 Å². The van der Waals surface area contributed by atoms with Gasteiger partial charge in [-0.15, -0.1) is 5.10 Å². The Bertz CT molecular complexity index is 1540. The van der Waals surface area contributed by atoms with Crippen molar-refractivity contribution in [1.29, 1.82) is 0 Å². The fraction of sp³-hybridized carbons (Fsp3) is 0.231. The molecule has 180 valence electrons. The quantitative estimate of drug-likeness (QED) is 0.397. The van der Waals surface area contributed by atoms with E-state index in [-0.39, 0.29) is 11.9 Å². The van der Waals surface area contributed by atoms with Crippen molar-refractivity contribution in [2.45, 2.75) is 32.7 Å². The Hall–Kier alpha value is -4.60.